The molecule has 16 heavy (non-hydrogen) atoms. The summed E-state index contributed by atoms with van der Waals surface area (Å²) in [5, 5.41) is 3.13. The van der Waals surface area contributed by atoms with E-state index in [-0.39, 0.29) is 5.97 Å². The van der Waals surface area contributed by atoms with Gasteiger partial charge in [0, 0.05) is 17.5 Å². The molecule has 3 heteroatoms. The molecule has 0 fully saturated rings. The van der Waals surface area contributed by atoms with Crippen LogP contribution in [0, 0.1) is 6.92 Å². The summed E-state index contributed by atoms with van der Waals surface area (Å²) in [5.74, 6) is -0.319. The van der Waals surface area contributed by atoms with Crippen molar-refractivity contribution >= 4 is 11.7 Å². The Hall–Kier alpha value is -1.77. The van der Waals surface area contributed by atoms with Crippen LogP contribution >= 0.6 is 0 Å². The molecule has 0 saturated carbocycles. The van der Waals surface area contributed by atoms with Crippen LogP contribution in [0.5, 0.6) is 0 Å². The SMILES string of the molecule is CCOC(=O)/C=C(\C)Nc1cccc(C)c1. The topological polar surface area (TPSA) is 38.3 Å². The van der Waals surface area contributed by atoms with E-state index in [2.05, 4.69) is 5.32 Å². The van der Waals surface area contributed by atoms with Gasteiger partial charge in [0.1, 0.15) is 0 Å². The van der Waals surface area contributed by atoms with Crippen molar-refractivity contribution in [2.24, 2.45) is 0 Å². The Morgan fingerprint density at radius 2 is 2.25 bits per heavy atom. The third-order valence-electron chi connectivity index (χ3n) is 1.98. The molecular weight excluding hydrogens is 202 g/mol. The van der Waals surface area contributed by atoms with Crippen molar-refractivity contribution in [3.63, 3.8) is 0 Å². The molecule has 3 nitrogen and oxygen atoms in total. The molecular formula is C13H17NO2. The first-order valence-electron chi connectivity index (χ1n) is 5.30. The summed E-state index contributed by atoms with van der Waals surface area (Å²) < 4.78 is 4.82. The molecule has 0 aliphatic rings. The summed E-state index contributed by atoms with van der Waals surface area (Å²) in [6.45, 7) is 6.04. The molecule has 86 valence electrons. The number of aryl methyl sites for hydroxylation is 1. The standard InChI is InChI=1S/C13H17NO2/c1-4-16-13(15)9-11(3)14-12-7-5-6-10(2)8-12/h5-9,14H,4H2,1-3H3/b11-9+. The molecule has 0 aromatic heterocycles. The van der Waals surface area contributed by atoms with E-state index in [0.717, 1.165) is 11.4 Å². The van der Waals surface area contributed by atoms with Gasteiger partial charge in [-0.05, 0) is 38.5 Å². The van der Waals surface area contributed by atoms with Crippen molar-refractivity contribution in [3.8, 4) is 0 Å². The van der Waals surface area contributed by atoms with Crippen LogP contribution in [-0.2, 0) is 9.53 Å². The van der Waals surface area contributed by atoms with Crippen molar-refractivity contribution in [2.45, 2.75) is 20.8 Å². The average molecular weight is 219 g/mol. The Balaban J connectivity index is 2.63. The molecule has 0 spiro atoms. The molecule has 0 saturated heterocycles. The smallest absolute Gasteiger partial charge is 0.332 e. The lowest BCUT2D eigenvalue weighted by molar-refractivity contribution is -0.137. The highest BCUT2D eigenvalue weighted by Crippen LogP contribution is 2.11. The Bertz CT molecular complexity index is 397. The number of benzene rings is 1. The Morgan fingerprint density at radius 3 is 2.88 bits per heavy atom. The maximum atomic E-state index is 11.2. The Labute approximate surface area is 96.1 Å². The van der Waals surface area contributed by atoms with Gasteiger partial charge in [0.25, 0.3) is 0 Å². The maximum absolute atomic E-state index is 11.2. The highest BCUT2D eigenvalue weighted by molar-refractivity contribution is 5.83. The number of rotatable bonds is 4. The van der Waals surface area contributed by atoms with Crippen molar-refractivity contribution in [1.29, 1.82) is 0 Å². The fourth-order valence-corrected chi connectivity index (χ4v) is 1.35. The minimum Gasteiger partial charge on any atom is -0.463 e. The fourth-order valence-electron chi connectivity index (χ4n) is 1.35. The lowest BCUT2D eigenvalue weighted by Gasteiger charge is -2.07. The average Bonchev–Trinajstić information content (AvgIpc) is 2.17. The van der Waals surface area contributed by atoms with Crippen molar-refractivity contribution in [3.05, 3.63) is 41.6 Å². The normalized spacial score (nSPS) is 11.1. The van der Waals surface area contributed by atoms with Crippen LogP contribution in [-0.4, -0.2) is 12.6 Å². The molecule has 0 amide bonds. The van der Waals surface area contributed by atoms with E-state index < -0.39 is 0 Å². The van der Waals surface area contributed by atoms with Gasteiger partial charge < -0.3 is 10.1 Å². The summed E-state index contributed by atoms with van der Waals surface area (Å²) in [6.07, 6.45) is 1.45. The van der Waals surface area contributed by atoms with Crippen LogP contribution in [0.4, 0.5) is 5.69 Å². The first kappa shape index (κ1) is 12.3. The van der Waals surface area contributed by atoms with Gasteiger partial charge in [0.05, 0.1) is 6.61 Å². The van der Waals surface area contributed by atoms with Gasteiger partial charge in [-0.15, -0.1) is 0 Å². The van der Waals surface area contributed by atoms with Gasteiger partial charge in [-0.2, -0.15) is 0 Å². The highest BCUT2D eigenvalue weighted by Gasteiger charge is 1.98. The molecule has 0 unspecified atom stereocenters. The van der Waals surface area contributed by atoms with E-state index in [4.69, 9.17) is 4.74 Å². The second-order valence-electron chi connectivity index (χ2n) is 3.57. The summed E-state index contributed by atoms with van der Waals surface area (Å²) >= 11 is 0. The molecule has 1 aromatic rings. The van der Waals surface area contributed by atoms with E-state index in [1.807, 2.05) is 38.1 Å². The molecule has 0 radical (unpaired) electrons. The number of nitrogens with one attached hydrogen (secondary N) is 1. The van der Waals surface area contributed by atoms with Crippen LogP contribution in [0.2, 0.25) is 0 Å². The third-order valence-corrected chi connectivity index (χ3v) is 1.98. The van der Waals surface area contributed by atoms with E-state index in [0.29, 0.717) is 6.61 Å². The predicted molar refractivity (Wildman–Crippen MR) is 65.2 cm³/mol. The van der Waals surface area contributed by atoms with E-state index in [1.165, 1.54) is 11.6 Å². The number of esters is 1. The number of carbonyl (C=O) groups is 1. The van der Waals surface area contributed by atoms with Crippen LogP contribution in [0.15, 0.2) is 36.0 Å². The molecule has 0 aliphatic heterocycles. The Kier molecular flexibility index (Phi) is 4.58. The maximum Gasteiger partial charge on any atom is 0.332 e. The molecule has 0 atom stereocenters. The predicted octanol–water partition coefficient (Wildman–Crippen LogP) is 2.87. The summed E-state index contributed by atoms with van der Waals surface area (Å²) in [6, 6.07) is 7.96. The van der Waals surface area contributed by atoms with Gasteiger partial charge >= 0.3 is 5.97 Å². The first-order chi connectivity index (χ1) is 7.61. The quantitative estimate of drug-likeness (QED) is 0.625. The lowest BCUT2D eigenvalue weighted by atomic mass is 10.2. The monoisotopic (exact) mass is 219 g/mol. The lowest BCUT2D eigenvalue weighted by Crippen LogP contribution is -2.04. The van der Waals surface area contributed by atoms with Gasteiger partial charge in [-0.1, -0.05) is 12.1 Å². The van der Waals surface area contributed by atoms with E-state index in [9.17, 15) is 4.79 Å². The fraction of sp³-hybridized carbons (Fsp3) is 0.308. The van der Waals surface area contributed by atoms with E-state index >= 15 is 0 Å². The first-order valence-corrected chi connectivity index (χ1v) is 5.30. The van der Waals surface area contributed by atoms with Gasteiger partial charge in [0.2, 0.25) is 0 Å². The number of hydrogen-bond donors (Lipinski definition) is 1. The number of carbonyl (C=O) groups excluding carboxylic acids is 1. The zero-order valence-corrected chi connectivity index (χ0v) is 9.91. The van der Waals surface area contributed by atoms with E-state index in [1.54, 1.807) is 6.92 Å². The molecule has 0 heterocycles. The molecule has 0 aliphatic carbocycles. The van der Waals surface area contributed by atoms with Crippen LogP contribution in [0.1, 0.15) is 19.4 Å². The van der Waals surface area contributed by atoms with Crippen molar-refractivity contribution in [2.75, 3.05) is 11.9 Å². The minimum atomic E-state index is -0.319. The number of ether oxygens (including phenoxy) is 1. The number of hydrogen-bond acceptors (Lipinski definition) is 3. The summed E-state index contributed by atoms with van der Waals surface area (Å²) in [7, 11) is 0. The summed E-state index contributed by atoms with van der Waals surface area (Å²) in [5.41, 5.74) is 2.91. The second-order valence-corrected chi connectivity index (χ2v) is 3.57. The van der Waals surface area contributed by atoms with Gasteiger partial charge in [-0.3, -0.25) is 0 Å². The van der Waals surface area contributed by atoms with Crippen molar-refractivity contribution in [1.82, 2.24) is 0 Å². The molecule has 1 N–H and O–H groups in total. The number of allylic oxidation sites excluding steroid dienone is 1. The third kappa shape index (κ3) is 4.17. The molecule has 1 aromatic carbocycles. The van der Waals surface area contributed by atoms with Crippen molar-refractivity contribution < 1.29 is 9.53 Å². The highest BCUT2D eigenvalue weighted by atomic mass is 16.5. The largest absolute Gasteiger partial charge is 0.463 e. The van der Waals surface area contributed by atoms with Crippen LogP contribution < -0.4 is 5.32 Å². The molecule has 1 rings (SSSR count). The van der Waals surface area contributed by atoms with Crippen LogP contribution in [0.25, 0.3) is 0 Å². The summed E-state index contributed by atoms with van der Waals surface area (Å²) in [4.78, 5) is 11.2. The zero-order valence-electron chi connectivity index (χ0n) is 9.91. The van der Waals surface area contributed by atoms with Gasteiger partial charge in [-0.25, -0.2) is 4.79 Å². The van der Waals surface area contributed by atoms with Crippen LogP contribution in [0.3, 0.4) is 0 Å². The van der Waals surface area contributed by atoms with Gasteiger partial charge in [0.15, 0.2) is 0 Å². The minimum absolute atomic E-state index is 0.319. The molecule has 0 bridgehead atoms. The Morgan fingerprint density at radius 1 is 1.50 bits per heavy atom. The second kappa shape index (κ2) is 5.95. The number of anilines is 1. The zero-order chi connectivity index (χ0) is 12.0.